The van der Waals surface area contributed by atoms with Crippen molar-refractivity contribution in [2.24, 2.45) is 5.84 Å². The lowest BCUT2D eigenvalue weighted by atomic mass is 10.0. The molecule has 0 aliphatic carbocycles. The highest BCUT2D eigenvalue weighted by atomic mass is 16.5. The number of hydrogen-bond donors (Lipinski definition) is 2. The quantitative estimate of drug-likeness (QED) is 0.511. The molecule has 1 aromatic rings. The molecule has 0 aliphatic rings. The summed E-state index contributed by atoms with van der Waals surface area (Å²) in [5.74, 6) is 5.68. The van der Waals surface area contributed by atoms with Crippen molar-refractivity contribution >= 4 is 0 Å². The fourth-order valence-corrected chi connectivity index (χ4v) is 2.61. The smallest absolute Gasteiger partial charge is 0.0742 e. The molecule has 2 atom stereocenters. The molecule has 1 aromatic heterocycles. The molecule has 0 radical (unpaired) electrons. The lowest BCUT2D eigenvalue weighted by Crippen LogP contribution is -2.46. The molecule has 0 aromatic carbocycles. The molecular weight excluding hydrogens is 252 g/mol. The van der Waals surface area contributed by atoms with Crippen molar-refractivity contribution in [3.05, 3.63) is 18.0 Å². The van der Waals surface area contributed by atoms with Gasteiger partial charge in [-0.05, 0) is 32.3 Å². The van der Waals surface area contributed by atoms with Crippen molar-refractivity contribution < 1.29 is 4.74 Å². The average molecular weight is 282 g/mol. The summed E-state index contributed by atoms with van der Waals surface area (Å²) in [6.07, 6.45) is 6.14. The lowest BCUT2D eigenvalue weighted by Gasteiger charge is -2.24. The van der Waals surface area contributed by atoms with Crippen LogP contribution in [-0.4, -0.2) is 28.5 Å². The maximum atomic E-state index is 5.74. The van der Waals surface area contributed by atoms with Crippen LogP contribution in [0.1, 0.15) is 58.7 Å². The Kier molecular flexibility index (Phi) is 7.80. The van der Waals surface area contributed by atoms with Crippen LogP contribution in [0, 0.1) is 0 Å². The van der Waals surface area contributed by atoms with Gasteiger partial charge in [0.05, 0.1) is 23.9 Å². The largest absolute Gasteiger partial charge is 0.377 e. The van der Waals surface area contributed by atoms with Crippen molar-refractivity contribution in [1.82, 2.24) is 15.2 Å². The van der Waals surface area contributed by atoms with Gasteiger partial charge in [-0.15, -0.1) is 0 Å². The van der Waals surface area contributed by atoms with Gasteiger partial charge in [0.15, 0.2) is 0 Å². The molecule has 1 rings (SSSR count). The van der Waals surface area contributed by atoms with Gasteiger partial charge in [-0.1, -0.05) is 20.8 Å². The molecule has 0 saturated heterocycles. The first kappa shape index (κ1) is 17.1. The first-order valence-electron chi connectivity index (χ1n) is 7.81. The monoisotopic (exact) mass is 282 g/mol. The van der Waals surface area contributed by atoms with E-state index in [1.54, 1.807) is 0 Å². The van der Waals surface area contributed by atoms with Crippen LogP contribution in [0.5, 0.6) is 0 Å². The van der Waals surface area contributed by atoms with Crippen LogP contribution in [0.4, 0.5) is 0 Å². The Hall–Kier alpha value is -0.910. The SMILES string of the molecule is CCOC(CC)C(Cc1ccn(C(CC)CC)n1)NN. The molecule has 1 heterocycles. The number of ether oxygens (including phenoxy) is 1. The van der Waals surface area contributed by atoms with Gasteiger partial charge in [-0.25, -0.2) is 0 Å². The number of nitrogens with zero attached hydrogens (tertiary/aromatic N) is 2. The number of rotatable bonds is 10. The summed E-state index contributed by atoms with van der Waals surface area (Å²) in [7, 11) is 0. The Labute approximate surface area is 122 Å². The summed E-state index contributed by atoms with van der Waals surface area (Å²) in [6.45, 7) is 9.23. The molecular formula is C15H30N4O. The summed E-state index contributed by atoms with van der Waals surface area (Å²) in [6, 6.07) is 2.67. The van der Waals surface area contributed by atoms with Gasteiger partial charge in [0.2, 0.25) is 0 Å². The second kappa shape index (κ2) is 9.10. The Morgan fingerprint density at radius 3 is 2.45 bits per heavy atom. The van der Waals surface area contributed by atoms with Gasteiger partial charge >= 0.3 is 0 Å². The molecule has 0 aliphatic heterocycles. The van der Waals surface area contributed by atoms with E-state index in [-0.39, 0.29) is 12.1 Å². The summed E-state index contributed by atoms with van der Waals surface area (Å²) in [5.41, 5.74) is 3.95. The van der Waals surface area contributed by atoms with E-state index in [1.807, 2.05) is 6.92 Å². The summed E-state index contributed by atoms with van der Waals surface area (Å²) in [5, 5.41) is 4.68. The van der Waals surface area contributed by atoms with Crippen LogP contribution in [0.3, 0.4) is 0 Å². The number of nitrogens with two attached hydrogens (primary N) is 1. The van der Waals surface area contributed by atoms with Gasteiger partial charge in [0, 0.05) is 19.2 Å². The number of hydrogen-bond acceptors (Lipinski definition) is 4. The highest BCUT2D eigenvalue weighted by Crippen LogP contribution is 2.16. The fraction of sp³-hybridized carbons (Fsp3) is 0.800. The van der Waals surface area contributed by atoms with Crippen LogP contribution in [0.2, 0.25) is 0 Å². The fourth-order valence-electron chi connectivity index (χ4n) is 2.61. The van der Waals surface area contributed by atoms with Crippen LogP contribution in [-0.2, 0) is 11.2 Å². The van der Waals surface area contributed by atoms with Crippen molar-refractivity contribution in [3.8, 4) is 0 Å². The van der Waals surface area contributed by atoms with E-state index in [9.17, 15) is 0 Å². The number of hydrazine groups is 1. The van der Waals surface area contributed by atoms with E-state index in [0.717, 1.165) is 31.4 Å². The predicted molar refractivity (Wildman–Crippen MR) is 82.4 cm³/mol. The Balaban J connectivity index is 2.70. The average Bonchev–Trinajstić information content (AvgIpc) is 2.92. The molecule has 3 N–H and O–H groups in total. The first-order chi connectivity index (χ1) is 9.69. The summed E-state index contributed by atoms with van der Waals surface area (Å²) >= 11 is 0. The second-order valence-electron chi connectivity index (χ2n) is 5.14. The molecule has 5 nitrogen and oxygen atoms in total. The molecule has 0 spiro atoms. The van der Waals surface area contributed by atoms with Crippen molar-refractivity contribution in [2.75, 3.05) is 6.61 Å². The number of aromatic nitrogens is 2. The third-order valence-electron chi connectivity index (χ3n) is 3.86. The molecule has 20 heavy (non-hydrogen) atoms. The van der Waals surface area contributed by atoms with E-state index in [0.29, 0.717) is 12.6 Å². The van der Waals surface area contributed by atoms with Crippen molar-refractivity contribution in [2.45, 2.75) is 71.6 Å². The minimum absolute atomic E-state index is 0.102. The van der Waals surface area contributed by atoms with E-state index < -0.39 is 0 Å². The topological polar surface area (TPSA) is 65.1 Å². The molecule has 0 fully saturated rings. The Morgan fingerprint density at radius 1 is 1.25 bits per heavy atom. The van der Waals surface area contributed by atoms with E-state index in [1.165, 1.54) is 0 Å². The minimum atomic E-state index is 0.102. The molecule has 0 amide bonds. The van der Waals surface area contributed by atoms with Gasteiger partial charge in [-0.2, -0.15) is 5.10 Å². The van der Waals surface area contributed by atoms with Gasteiger partial charge in [0.25, 0.3) is 0 Å². The first-order valence-corrected chi connectivity index (χ1v) is 7.81. The predicted octanol–water partition coefficient (Wildman–Crippen LogP) is 2.43. The van der Waals surface area contributed by atoms with E-state index in [2.05, 4.69) is 48.2 Å². The van der Waals surface area contributed by atoms with Crippen LogP contribution >= 0.6 is 0 Å². The van der Waals surface area contributed by atoms with Crippen LogP contribution < -0.4 is 11.3 Å². The zero-order valence-corrected chi connectivity index (χ0v) is 13.3. The molecule has 2 unspecified atom stereocenters. The lowest BCUT2D eigenvalue weighted by molar-refractivity contribution is 0.0316. The van der Waals surface area contributed by atoms with Crippen LogP contribution in [0.15, 0.2) is 12.3 Å². The maximum absolute atomic E-state index is 5.74. The Bertz CT molecular complexity index is 363. The molecule has 0 bridgehead atoms. The highest BCUT2D eigenvalue weighted by Gasteiger charge is 2.21. The summed E-state index contributed by atoms with van der Waals surface area (Å²) in [4.78, 5) is 0. The zero-order chi connectivity index (χ0) is 15.0. The zero-order valence-electron chi connectivity index (χ0n) is 13.3. The van der Waals surface area contributed by atoms with Gasteiger partial charge in [-0.3, -0.25) is 16.0 Å². The number of nitrogens with one attached hydrogen (secondary N) is 1. The van der Waals surface area contributed by atoms with Crippen molar-refractivity contribution in [1.29, 1.82) is 0 Å². The van der Waals surface area contributed by atoms with Crippen molar-refractivity contribution in [3.63, 3.8) is 0 Å². The molecule has 0 saturated carbocycles. The summed E-state index contributed by atoms with van der Waals surface area (Å²) < 4.78 is 7.81. The van der Waals surface area contributed by atoms with E-state index in [4.69, 9.17) is 10.6 Å². The van der Waals surface area contributed by atoms with Gasteiger partial charge in [0.1, 0.15) is 0 Å². The normalized spacial score (nSPS) is 14.7. The Morgan fingerprint density at radius 2 is 1.95 bits per heavy atom. The highest BCUT2D eigenvalue weighted by molar-refractivity contribution is 5.03. The molecule has 116 valence electrons. The van der Waals surface area contributed by atoms with E-state index >= 15 is 0 Å². The standard InChI is InChI=1S/C15H30N4O/c1-5-13(6-2)19-10-9-12(18-19)11-14(17-16)15(7-3)20-8-4/h9-10,13-15,17H,5-8,11,16H2,1-4H3. The third kappa shape index (κ3) is 4.58. The maximum Gasteiger partial charge on any atom is 0.0742 e. The third-order valence-corrected chi connectivity index (χ3v) is 3.86. The second-order valence-corrected chi connectivity index (χ2v) is 5.14. The minimum Gasteiger partial charge on any atom is -0.377 e. The van der Waals surface area contributed by atoms with Gasteiger partial charge < -0.3 is 4.74 Å². The molecule has 5 heteroatoms. The van der Waals surface area contributed by atoms with Crippen LogP contribution in [0.25, 0.3) is 0 Å².